The number of nitrogens with zero attached hydrogens (tertiary/aromatic N) is 2. The van der Waals surface area contributed by atoms with Gasteiger partial charge in [0.2, 0.25) is 0 Å². The second-order valence-corrected chi connectivity index (χ2v) is 4.61. The second-order valence-electron chi connectivity index (χ2n) is 4.61. The van der Waals surface area contributed by atoms with Crippen molar-refractivity contribution in [2.45, 2.75) is 0 Å². The molecule has 0 aliphatic rings. The Balaban J connectivity index is 2.13. The first kappa shape index (κ1) is 15.6. The molecule has 2 rings (SSSR count). The van der Waals surface area contributed by atoms with Gasteiger partial charge in [-0.3, -0.25) is 9.48 Å². The quantitative estimate of drug-likeness (QED) is 0.448. The van der Waals surface area contributed by atoms with Crippen LogP contribution in [-0.2, 0) is 7.05 Å². The smallest absolute Gasteiger partial charge is 0.189 e. The van der Waals surface area contributed by atoms with Crippen molar-refractivity contribution >= 4 is 11.9 Å². The summed E-state index contributed by atoms with van der Waals surface area (Å²) in [7, 11) is 3.34. The van der Waals surface area contributed by atoms with Gasteiger partial charge in [0.1, 0.15) is 6.61 Å². The maximum Gasteiger partial charge on any atom is 0.189 e. The Morgan fingerprint density at radius 2 is 2.23 bits per heavy atom. The highest BCUT2D eigenvalue weighted by molar-refractivity contribution is 6.06. The maximum atomic E-state index is 12.0. The van der Waals surface area contributed by atoms with Gasteiger partial charge in [0.05, 0.1) is 18.9 Å². The Kier molecular flexibility index (Phi) is 5.14. The number of aryl methyl sites for hydroxylation is 1. The van der Waals surface area contributed by atoms with Gasteiger partial charge in [-0.05, 0) is 23.8 Å². The molecule has 0 amide bonds. The van der Waals surface area contributed by atoms with Crippen molar-refractivity contribution in [3.05, 3.63) is 60.5 Å². The highest BCUT2D eigenvalue weighted by Crippen LogP contribution is 2.28. The number of carbonyl (C=O) groups excluding carboxylic acids is 1. The average Bonchev–Trinajstić information content (AvgIpc) is 2.97. The van der Waals surface area contributed by atoms with Crippen molar-refractivity contribution in [2.24, 2.45) is 7.05 Å². The molecule has 5 nitrogen and oxygen atoms in total. The molecular weight excluding hydrogens is 280 g/mol. The molecule has 0 saturated carbocycles. The van der Waals surface area contributed by atoms with Crippen molar-refractivity contribution in [1.82, 2.24) is 9.78 Å². The van der Waals surface area contributed by atoms with Crippen LogP contribution in [0.2, 0.25) is 0 Å². The third-order valence-corrected chi connectivity index (χ3v) is 2.96. The molecule has 22 heavy (non-hydrogen) atoms. The molecule has 0 unspecified atom stereocenters. The molecule has 114 valence electrons. The van der Waals surface area contributed by atoms with E-state index in [1.807, 2.05) is 12.1 Å². The van der Waals surface area contributed by atoms with Crippen molar-refractivity contribution in [1.29, 1.82) is 0 Å². The molecule has 1 aromatic heterocycles. The Morgan fingerprint density at radius 1 is 1.41 bits per heavy atom. The summed E-state index contributed by atoms with van der Waals surface area (Å²) >= 11 is 0. The molecular formula is C17H18N2O3. The number of benzene rings is 1. The summed E-state index contributed by atoms with van der Waals surface area (Å²) in [6.07, 6.45) is 8.13. The second kappa shape index (κ2) is 7.26. The Hall–Kier alpha value is -2.82. The van der Waals surface area contributed by atoms with Crippen LogP contribution in [0.3, 0.4) is 0 Å². The largest absolute Gasteiger partial charge is 0.493 e. The van der Waals surface area contributed by atoms with E-state index >= 15 is 0 Å². The molecule has 0 radical (unpaired) electrons. The zero-order chi connectivity index (χ0) is 15.9. The van der Waals surface area contributed by atoms with Gasteiger partial charge >= 0.3 is 0 Å². The molecule has 0 aliphatic carbocycles. The van der Waals surface area contributed by atoms with Gasteiger partial charge in [0.25, 0.3) is 0 Å². The summed E-state index contributed by atoms with van der Waals surface area (Å²) in [6.45, 7) is 4.01. The number of allylic oxidation sites excluding steroid dienone is 1. The first-order valence-electron chi connectivity index (χ1n) is 6.77. The summed E-state index contributed by atoms with van der Waals surface area (Å²) in [5.74, 6) is 1.15. The van der Waals surface area contributed by atoms with Crippen LogP contribution in [0.5, 0.6) is 11.5 Å². The molecule has 0 bridgehead atoms. The zero-order valence-electron chi connectivity index (χ0n) is 12.7. The van der Waals surface area contributed by atoms with Crippen LogP contribution in [-0.4, -0.2) is 29.3 Å². The van der Waals surface area contributed by atoms with Gasteiger partial charge in [0.15, 0.2) is 17.3 Å². The van der Waals surface area contributed by atoms with E-state index in [1.54, 1.807) is 49.5 Å². The van der Waals surface area contributed by atoms with E-state index in [9.17, 15) is 4.79 Å². The van der Waals surface area contributed by atoms with Gasteiger partial charge < -0.3 is 9.47 Å². The van der Waals surface area contributed by atoms with Crippen LogP contribution < -0.4 is 9.47 Å². The highest BCUT2D eigenvalue weighted by atomic mass is 16.5. The molecule has 1 heterocycles. The van der Waals surface area contributed by atoms with Crippen LogP contribution in [0.1, 0.15) is 15.9 Å². The van der Waals surface area contributed by atoms with E-state index in [0.29, 0.717) is 23.7 Å². The SMILES string of the molecule is C=CCOc1ccc(C=CC(=O)c2cnn(C)c2)cc1OC. The van der Waals surface area contributed by atoms with E-state index in [1.165, 1.54) is 6.08 Å². The lowest BCUT2D eigenvalue weighted by atomic mass is 10.1. The molecule has 5 heteroatoms. The van der Waals surface area contributed by atoms with Crippen LogP contribution in [0.4, 0.5) is 0 Å². The molecule has 2 aromatic rings. The minimum Gasteiger partial charge on any atom is -0.493 e. The number of ether oxygens (including phenoxy) is 2. The van der Waals surface area contributed by atoms with E-state index in [2.05, 4.69) is 11.7 Å². The van der Waals surface area contributed by atoms with Crippen molar-refractivity contribution < 1.29 is 14.3 Å². The van der Waals surface area contributed by atoms with Gasteiger partial charge in [0, 0.05) is 13.2 Å². The number of rotatable bonds is 7. The number of methoxy groups -OCH3 is 1. The monoisotopic (exact) mass is 298 g/mol. The molecule has 0 N–H and O–H groups in total. The minimum atomic E-state index is -0.0981. The van der Waals surface area contributed by atoms with Crippen LogP contribution in [0.25, 0.3) is 6.08 Å². The predicted molar refractivity (Wildman–Crippen MR) is 85.3 cm³/mol. The lowest BCUT2D eigenvalue weighted by Crippen LogP contribution is -1.96. The predicted octanol–water partition coefficient (Wildman–Crippen LogP) is 2.89. The lowest BCUT2D eigenvalue weighted by molar-refractivity contribution is 0.104. The lowest BCUT2D eigenvalue weighted by Gasteiger charge is -2.09. The Morgan fingerprint density at radius 3 is 2.86 bits per heavy atom. The van der Waals surface area contributed by atoms with E-state index in [-0.39, 0.29) is 5.78 Å². The molecule has 0 saturated heterocycles. The third-order valence-electron chi connectivity index (χ3n) is 2.96. The number of aromatic nitrogens is 2. The number of hydrogen-bond donors (Lipinski definition) is 0. The normalized spacial score (nSPS) is 10.6. The highest BCUT2D eigenvalue weighted by Gasteiger charge is 2.06. The van der Waals surface area contributed by atoms with Crippen LogP contribution in [0, 0.1) is 0 Å². The standard InChI is InChI=1S/C17H18N2O3/c1-4-9-22-16-8-6-13(10-17(16)21-3)5-7-15(20)14-11-18-19(2)12-14/h4-8,10-12H,1,9H2,2-3H3. The van der Waals surface area contributed by atoms with Crippen LogP contribution in [0.15, 0.2) is 49.3 Å². The summed E-state index contributed by atoms with van der Waals surface area (Å²) in [6, 6.07) is 5.47. The van der Waals surface area contributed by atoms with Gasteiger partial charge in [-0.25, -0.2) is 0 Å². The minimum absolute atomic E-state index is 0.0981. The van der Waals surface area contributed by atoms with Crippen molar-refractivity contribution in [3.8, 4) is 11.5 Å². The molecule has 1 aromatic carbocycles. The van der Waals surface area contributed by atoms with E-state index < -0.39 is 0 Å². The summed E-state index contributed by atoms with van der Waals surface area (Å²) in [5, 5.41) is 3.98. The average molecular weight is 298 g/mol. The maximum absolute atomic E-state index is 12.0. The Bertz CT molecular complexity index is 702. The molecule has 0 atom stereocenters. The van der Waals surface area contributed by atoms with E-state index in [4.69, 9.17) is 9.47 Å². The number of hydrogen-bond acceptors (Lipinski definition) is 4. The van der Waals surface area contributed by atoms with Gasteiger partial charge in [-0.15, -0.1) is 0 Å². The summed E-state index contributed by atoms with van der Waals surface area (Å²) in [5.41, 5.74) is 1.40. The molecule has 0 spiro atoms. The van der Waals surface area contributed by atoms with E-state index in [0.717, 1.165) is 5.56 Å². The third kappa shape index (κ3) is 3.85. The first-order valence-corrected chi connectivity index (χ1v) is 6.77. The first-order chi connectivity index (χ1) is 10.6. The fraction of sp³-hybridized carbons (Fsp3) is 0.176. The molecule has 0 fully saturated rings. The number of carbonyl (C=O) groups is 1. The fourth-order valence-electron chi connectivity index (χ4n) is 1.87. The van der Waals surface area contributed by atoms with Crippen molar-refractivity contribution in [2.75, 3.05) is 13.7 Å². The van der Waals surface area contributed by atoms with Crippen molar-refractivity contribution in [3.63, 3.8) is 0 Å². The van der Waals surface area contributed by atoms with Crippen LogP contribution >= 0.6 is 0 Å². The summed E-state index contributed by atoms with van der Waals surface area (Å²) in [4.78, 5) is 12.0. The van der Waals surface area contributed by atoms with Gasteiger partial charge in [-0.1, -0.05) is 24.8 Å². The topological polar surface area (TPSA) is 53.3 Å². The zero-order valence-corrected chi connectivity index (χ0v) is 12.7. The fourth-order valence-corrected chi connectivity index (χ4v) is 1.87. The molecule has 0 aliphatic heterocycles. The summed E-state index contributed by atoms with van der Waals surface area (Å²) < 4.78 is 12.4. The number of ketones is 1. The van der Waals surface area contributed by atoms with Gasteiger partial charge in [-0.2, -0.15) is 5.10 Å². The Labute approximate surface area is 129 Å².